The molecular formula is C24H25N7O. The summed E-state index contributed by atoms with van der Waals surface area (Å²) in [6.45, 7) is 2.52. The average Bonchev–Trinajstić information content (AvgIpc) is 3.26. The quantitative estimate of drug-likeness (QED) is 0.467. The maximum atomic E-state index is 13.0. The third kappa shape index (κ3) is 4.55. The van der Waals surface area contributed by atoms with E-state index in [1.165, 1.54) is 0 Å². The van der Waals surface area contributed by atoms with E-state index in [4.69, 9.17) is 0 Å². The number of likely N-dealkylation sites (tertiary alicyclic amines) is 1. The Balaban J connectivity index is 1.22. The Labute approximate surface area is 186 Å². The number of piperidine rings is 1. The fourth-order valence-electron chi connectivity index (χ4n) is 4.24. The molecule has 0 aromatic carbocycles. The molecule has 0 atom stereocenters. The number of hydrogen-bond acceptors (Lipinski definition) is 7. The molecule has 0 N–H and O–H groups in total. The molecule has 1 fully saturated rings. The van der Waals surface area contributed by atoms with Gasteiger partial charge in [-0.25, -0.2) is 9.97 Å². The zero-order chi connectivity index (χ0) is 21.9. The number of carbonyl (C=O) groups is 1. The maximum absolute atomic E-state index is 13.0. The van der Waals surface area contributed by atoms with Crippen LogP contribution in [-0.2, 0) is 24.8 Å². The Morgan fingerprint density at radius 2 is 1.78 bits per heavy atom. The van der Waals surface area contributed by atoms with Gasteiger partial charge >= 0.3 is 0 Å². The van der Waals surface area contributed by atoms with Gasteiger partial charge in [-0.05, 0) is 49.5 Å². The molecule has 0 spiro atoms. The third-order valence-corrected chi connectivity index (χ3v) is 6.04. The first kappa shape index (κ1) is 20.4. The topological polar surface area (TPSA) is 89.7 Å². The number of Topliss-reactive ketones (excluding diaryl/α,β-unsaturated/α-hetero) is 1. The van der Waals surface area contributed by atoms with Gasteiger partial charge in [0.15, 0.2) is 0 Å². The SMILES string of the molecule is Cn1cc(-c2cc3cc(CC(=O)C4CCN(Cc5ncccn5)CC4)ncc3cn2)cn1. The van der Waals surface area contributed by atoms with E-state index in [-0.39, 0.29) is 11.7 Å². The molecule has 1 saturated heterocycles. The Morgan fingerprint density at radius 1 is 1.00 bits per heavy atom. The van der Waals surface area contributed by atoms with E-state index in [0.717, 1.165) is 66.0 Å². The standard InChI is InChI=1S/C24H25N7O/c1-30-15-20(14-29-30)22-10-18-9-21(27-12-19(18)13-28-22)11-23(32)17-3-7-31(8-4-17)16-24-25-5-2-6-26-24/h2,5-6,9-10,12-15,17H,3-4,7-8,11,16H2,1H3. The van der Waals surface area contributed by atoms with Crippen molar-refractivity contribution < 1.29 is 4.79 Å². The van der Waals surface area contributed by atoms with Gasteiger partial charge in [-0.2, -0.15) is 5.10 Å². The highest BCUT2D eigenvalue weighted by molar-refractivity contribution is 5.87. The van der Waals surface area contributed by atoms with E-state index in [0.29, 0.717) is 6.42 Å². The Kier molecular flexibility index (Phi) is 5.68. The highest BCUT2D eigenvalue weighted by atomic mass is 16.1. The van der Waals surface area contributed by atoms with Crippen molar-refractivity contribution in [2.45, 2.75) is 25.8 Å². The predicted octanol–water partition coefficient (Wildman–Crippen LogP) is 2.84. The molecule has 5 rings (SSSR count). The number of carbonyl (C=O) groups excluding carboxylic acids is 1. The number of hydrogen-bond donors (Lipinski definition) is 0. The summed E-state index contributed by atoms with van der Waals surface area (Å²) < 4.78 is 1.76. The Morgan fingerprint density at radius 3 is 2.53 bits per heavy atom. The van der Waals surface area contributed by atoms with E-state index in [9.17, 15) is 4.79 Å². The first-order valence-electron chi connectivity index (χ1n) is 10.9. The van der Waals surface area contributed by atoms with Crippen molar-refractivity contribution >= 4 is 16.6 Å². The number of rotatable bonds is 6. The second-order valence-electron chi connectivity index (χ2n) is 8.35. The van der Waals surface area contributed by atoms with Crippen LogP contribution in [0.3, 0.4) is 0 Å². The molecule has 32 heavy (non-hydrogen) atoms. The molecule has 0 radical (unpaired) electrons. The molecule has 0 amide bonds. The van der Waals surface area contributed by atoms with Crippen molar-refractivity contribution in [1.82, 2.24) is 34.6 Å². The van der Waals surface area contributed by atoms with Crippen LogP contribution in [0.25, 0.3) is 22.0 Å². The van der Waals surface area contributed by atoms with Crippen molar-refractivity contribution in [3.8, 4) is 11.3 Å². The minimum atomic E-state index is 0.0869. The summed E-state index contributed by atoms with van der Waals surface area (Å²) in [5, 5.41) is 6.22. The van der Waals surface area contributed by atoms with Gasteiger partial charge in [-0.3, -0.25) is 24.3 Å². The molecule has 1 aliphatic rings. The van der Waals surface area contributed by atoms with Crippen LogP contribution in [0.2, 0.25) is 0 Å². The van der Waals surface area contributed by atoms with Gasteiger partial charge in [0.05, 0.1) is 18.4 Å². The Bertz CT molecular complexity index is 1230. The lowest BCUT2D eigenvalue weighted by molar-refractivity contribution is -0.123. The fourth-order valence-corrected chi connectivity index (χ4v) is 4.24. The number of nitrogens with zero attached hydrogens (tertiary/aromatic N) is 7. The highest BCUT2D eigenvalue weighted by Gasteiger charge is 2.25. The molecule has 162 valence electrons. The lowest BCUT2D eigenvalue weighted by Crippen LogP contribution is -2.36. The summed E-state index contributed by atoms with van der Waals surface area (Å²) in [6, 6.07) is 5.87. The fraction of sp³-hybridized carbons (Fsp3) is 0.333. The predicted molar refractivity (Wildman–Crippen MR) is 120 cm³/mol. The Hall–Kier alpha value is -3.52. The molecule has 1 aliphatic heterocycles. The summed E-state index contributed by atoms with van der Waals surface area (Å²) in [7, 11) is 1.89. The smallest absolute Gasteiger partial charge is 0.142 e. The average molecular weight is 428 g/mol. The molecule has 0 unspecified atom stereocenters. The van der Waals surface area contributed by atoms with E-state index in [1.54, 1.807) is 29.5 Å². The summed E-state index contributed by atoms with van der Waals surface area (Å²) in [4.78, 5) is 32.9. The van der Waals surface area contributed by atoms with Crippen LogP contribution in [0.5, 0.6) is 0 Å². The molecule has 0 saturated carbocycles. The van der Waals surface area contributed by atoms with E-state index in [2.05, 4.69) is 29.9 Å². The van der Waals surface area contributed by atoms with Crippen molar-refractivity contribution in [2.75, 3.05) is 13.1 Å². The monoisotopic (exact) mass is 427 g/mol. The molecule has 4 aromatic rings. The maximum Gasteiger partial charge on any atom is 0.142 e. The molecule has 8 nitrogen and oxygen atoms in total. The molecule has 0 bridgehead atoms. The second-order valence-corrected chi connectivity index (χ2v) is 8.35. The van der Waals surface area contributed by atoms with Gasteiger partial charge in [0, 0.05) is 67.0 Å². The first-order valence-corrected chi connectivity index (χ1v) is 10.9. The largest absolute Gasteiger partial charge is 0.299 e. The summed E-state index contributed by atoms with van der Waals surface area (Å²) in [5.74, 6) is 1.19. The second kappa shape index (κ2) is 8.92. The zero-order valence-electron chi connectivity index (χ0n) is 18.1. The van der Waals surface area contributed by atoms with Gasteiger partial charge in [0.25, 0.3) is 0 Å². The number of pyridine rings is 2. The van der Waals surface area contributed by atoms with Crippen molar-refractivity contribution in [3.63, 3.8) is 0 Å². The van der Waals surface area contributed by atoms with Crippen molar-refractivity contribution in [2.24, 2.45) is 13.0 Å². The van der Waals surface area contributed by atoms with Gasteiger partial charge in [0.1, 0.15) is 11.6 Å². The van der Waals surface area contributed by atoms with E-state index < -0.39 is 0 Å². The van der Waals surface area contributed by atoms with Crippen LogP contribution in [0, 0.1) is 5.92 Å². The van der Waals surface area contributed by atoms with Crippen LogP contribution in [0.15, 0.2) is 55.4 Å². The number of aromatic nitrogens is 6. The minimum Gasteiger partial charge on any atom is -0.299 e. The third-order valence-electron chi connectivity index (χ3n) is 6.04. The molecule has 0 aliphatic carbocycles. The van der Waals surface area contributed by atoms with Crippen LogP contribution < -0.4 is 0 Å². The molecule has 5 heterocycles. The lowest BCUT2D eigenvalue weighted by atomic mass is 9.90. The van der Waals surface area contributed by atoms with E-state index in [1.807, 2.05) is 37.6 Å². The molecule has 8 heteroatoms. The zero-order valence-corrected chi connectivity index (χ0v) is 18.1. The number of ketones is 1. The first-order chi connectivity index (χ1) is 15.6. The van der Waals surface area contributed by atoms with Crippen molar-refractivity contribution in [3.05, 3.63) is 66.9 Å². The molecular weight excluding hydrogens is 402 g/mol. The van der Waals surface area contributed by atoms with Gasteiger partial charge in [-0.15, -0.1) is 0 Å². The van der Waals surface area contributed by atoms with Crippen LogP contribution in [-0.4, -0.2) is 53.5 Å². The normalized spacial score (nSPS) is 15.3. The summed E-state index contributed by atoms with van der Waals surface area (Å²) in [5.41, 5.74) is 2.64. The van der Waals surface area contributed by atoms with Gasteiger partial charge in [0.2, 0.25) is 0 Å². The van der Waals surface area contributed by atoms with Crippen LogP contribution in [0.1, 0.15) is 24.4 Å². The number of fused-ring (bicyclic) bond motifs is 1. The molecule has 4 aromatic heterocycles. The minimum absolute atomic E-state index is 0.0869. The van der Waals surface area contributed by atoms with E-state index >= 15 is 0 Å². The van der Waals surface area contributed by atoms with Crippen LogP contribution >= 0.6 is 0 Å². The number of aryl methyl sites for hydroxylation is 1. The van der Waals surface area contributed by atoms with Gasteiger partial charge in [-0.1, -0.05) is 0 Å². The highest BCUT2D eigenvalue weighted by Crippen LogP contribution is 2.24. The van der Waals surface area contributed by atoms with Crippen LogP contribution in [0.4, 0.5) is 0 Å². The van der Waals surface area contributed by atoms with Crippen molar-refractivity contribution in [1.29, 1.82) is 0 Å². The lowest BCUT2D eigenvalue weighted by Gasteiger charge is -2.30. The summed E-state index contributed by atoms with van der Waals surface area (Å²) >= 11 is 0. The summed E-state index contributed by atoms with van der Waals surface area (Å²) in [6.07, 6.45) is 13.0. The van der Waals surface area contributed by atoms with Gasteiger partial charge < -0.3 is 0 Å².